The first-order chi connectivity index (χ1) is 9.17. The van der Waals surface area contributed by atoms with Crippen LogP contribution in [-0.4, -0.2) is 22.0 Å². The Labute approximate surface area is 114 Å². The Hall–Kier alpha value is -1.81. The van der Waals surface area contributed by atoms with E-state index in [1.165, 1.54) is 11.1 Å². The monoisotopic (exact) mass is 256 g/mol. The van der Waals surface area contributed by atoms with Crippen LogP contribution in [0.3, 0.4) is 0 Å². The third kappa shape index (κ3) is 2.79. The quantitative estimate of drug-likeness (QED) is 0.913. The standard InChI is InChI=1S/C15H20N4/c1-5-12-7-6-8-17-14(12)15-18-10(2)13(9-16-4)11(3)19-15/h6-8,16H,5,9H2,1-4H3. The van der Waals surface area contributed by atoms with Gasteiger partial charge in [-0.3, -0.25) is 4.98 Å². The molecule has 100 valence electrons. The van der Waals surface area contributed by atoms with Crippen molar-refractivity contribution in [2.75, 3.05) is 7.05 Å². The predicted octanol–water partition coefficient (Wildman–Crippen LogP) is 2.44. The second-order valence-corrected chi connectivity index (χ2v) is 4.59. The Kier molecular flexibility index (Phi) is 4.22. The minimum atomic E-state index is 0.729. The van der Waals surface area contributed by atoms with Crippen molar-refractivity contribution in [2.45, 2.75) is 33.7 Å². The van der Waals surface area contributed by atoms with Crippen LogP contribution in [0.1, 0.15) is 29.4 Å². The highest BCUT2D eigenvalue weighted by atomic mass is 14.9. The molecule has 0 spiro atoms. The fourth-order valence-corrected chi connectivity index (χ4v) is 2.20. The molecule has 0 aliphatic heterocycles. The van der Waals surface area contributed by atoms with Crippen LogP contribution in [0.5, 0.6) is 0 Å². The summed E-state index contributed by atoms with van der Waals surface area (Å²) < 4.78 is 0. The van der Waals surface area contributed by atoms with Gasteiger partial charge < -0.3 is 5.32 Å². The van der Waals surface area contributed by atoms with Gasteiger partial charge in [0.05, 0.1) is 0 Å². The second kappa shape index (κ2) is 5.89. The molecule has 0 bridgehead atoms. The van der Waals surface area contributed by atoms with Gasteiger partial charge in [-0.2, -0.15) is 0 Å². The zero-order valence-electron chi connectivity index (χ0n) is 12.0. The van der Waals surface area contributed by atoms with Crippen LogP contribution < -0.4 is 5.32 Å². The van der Waals surface area contributed by atoms with Crippen LogP contribution in [0.15, 0.2) is 18.3 Å². The van der Waals surface area contributed by atoms with Gasteiger partial charge in [0.25, 0.3) is 0 Å². The molecular weight excluding hydrogens is 236 g/mol. The number of pyridine rings is 1. The van der Waals surface area contributed by atoms with Crippen molar-refractivity contribution in [3.8, 4) is 11.5 Å². The van der Waals surface area contributed by atoms with Crippen molar-refractivity contribution in [2.24, 2.45) is 0 Å². The SMILES string of the molecule is CCc1cccnc1-c1nc(C)c(CNC)c(C)n1. The van der Waals surface area contributed by atoms with Crippen molar-refractivity contribution in [3.05, 3.63) is 40.8 Å². The molecule has 4 nitrogen and oxygen atoms in total. The molecule has 0 atom stereocenters. The summed E-state index contributed by atoms with van der Waals surface area (Å²) in [6.45, 7) is 6.97. The number of nitrogens with one attached hydrogen (secondary N) is 1. The molecule has 2 aromatic heterocycles. The highest BCUT2D eigenvalue weighted by Gasteiger charge is 2.12. The van der Waals surface area contributed by atoms with Gasteiger partial charge in [0.1, 0.15) is 5.69 Å². The highest BCUT2D eigenvalue weighted by Crippen LogP contribution is 2.20. The van der Waals surface area contributed by atoms with E-state index in [-0.39, 0.29) is 0 Å². The molecule has 0 aromatic carbocycles. The van der Waals surface area contributed by atoms with E-state index in [2.05, 4.69) is 33.3 Å². The fourth-order valence-electron chi connectivity index (χ4n) is 2.20. The third-order valence-electron chi connectivity index (χ3n) is 3.26. The zero-order chi connectivity index (χ0) is 13.8. The summed E-state index contributed by atoms with van der Waals surface area (Å²) >= 11 is 0. The number of nitrogens with zero attached hydrogens (tertiary/aromatic N) is 3. The largest absolute Gasteiger partial charge is 0.316 e. The van der Waals surface area contributed by atoms with Gasteiger partial charge in [-0.1, -0.05) is 13.0 Å². The first-order valence-electron chi connectivity index (χ1n) is 6.60. The molecule has 19 heavy (non-hydrogen) atoms. The van der Waals surface area contributed by atoms with Crippen molar-refractivity contribution in [3.63, 3.8) is 0 Å². The number of hydrogen-bond donors (Lipinski definition) is 1. The van der Waals surface area contributed by atoms with Gasteiger partial charge in [-0.25, -0.2) is 9.97 Å². The van der Waals surface area contributed by atoms with E-state index < -0.39 is 0 Å². The first-order valence-corrected chi connectivity index (χ1v) is 6.60. The smallest absolute Gasteiger partial charge is 0.178 e. The summed E-state index contributed by atoms with van der Waals surface area (Å²) in [6.07, 6.45) is 2.73. The number of rotatable bonds is 4. The van der Waals surface area contributed by atoms with E-state index in [0.29, 0.717) is 0 Å². The van der Waals surface area contributed by atoms with E-state index in [9.17, 15) is 0 Å². The summed E-state index contributed by atoms with van der Waals surface area (Å²) in [4.78, 5) is 13.7. The Balaban J connectivity index is 2.52. The topological polar surface area (TPSA) is 50.7 Å². The van der Waals surface area contributed by atoms with Crippen LogP contribution in [0.2, 0.25) is 0 Å². The molecule has 0 aliphatic carbocycles. The maximum Gasteiger partial charge on any atom is 0.178 e. The molecule has 0 unspecified atom stereocenters. The van der Waals surface area contributed by atoms with Gasteiger partial charge in [-0.15, -0.1) is 0 Å². The molecule has 0 fully saturated rings. The molecule has 0 amide bonds. The van der Waals surface area contributed by atoms with E-state index in [4.69, 9.17) is 0 Å². The lowest BCUT2D eigenvalue weighted by atomic mass is 10.1. The molecule has 0 saturated heterocycles. The second-order valence-electron chi connectivity index (χ2n) is 4.59. The van der Waals surface area contributed by atoms with E-state index in [1.807, 2.05) is 27.0 Å². The molecular formula is C15H20N4. The Bertz CT molecular complexity index is 555. The van der Waals surface area contributed by atoms with Gasteiger partial charge in [-0.05, 0) is 38.9 Å². The minimum Gasteiger partial charge on any atom is -0.316 e. The van der Waals surface area contributed by atoms with Crippen LogP contribution in [-0.2, 0) is 13.0 Å². The summed E-state index contributed by atoms with van der Waals surface area (Å²) in [5, 5.41) is 3.15. The molecule has 2 heterocycles. The molecule has 2 aromatic rings. The van der Waals surface area contributed by atoms with Crippen LogP contribution in [0.25, 0.3) is 11.5 Å². The summed E-state index contributed by atoms with van der Waals surface area (Å²) in [5.74, 6) is 0.729. The van der Waals surface area contributed by atoms with Gasteiger partial charge in [0.2, 0.25) is 0 Å². The lowest BCUT2D eigenvalue weighted by Gasteiger charge is -2.11. The predicted molar refractivity (Wildman–Crippen MR) is 76.9 cm³/mol. The number of hydrogen-bond acceptors (Lipinski definition) is 4. The van der Waals surface area contributed by atoms with Crippen LogP contribution >= 0.6 is 0 Å². The minimum absolute atomic E-state index is 0.729. The third-order valence-corrected chi connectivity index (χ3v) is 3.26. The normalized spacial score (nSPS) is 10.7. The maximum atomic E-state index is 4.62. The van der Waals surface area contributed by atoms with Crippen LogP contribution in [0, 0.1) is 13.8 Å². The molecule has 0 radical (unpaired) electrons. The average molecular weight is 256 g/mol. The molecule has 4 heteroatoms. The molecule has 0 saturated carbocycles. The van der Waals surface area contributed by atoms with E-state index in [1.54, 1.807) is 6.20 Å². The van der Waals surface area contributed by atoms with Gasteiger partial charge >= 0.3 is 0 Å². The van der Waals surface area contributed by atoms with Gasteiger partial charge in [0.15, 0.2) is 5.82 Å². The Morgan fingerprint density at radius 3 is 2.42 bits per heavy atom. The Morgan fingerprint density at radius 2 is 1.84 bits per heavy atom. The summed E-state index contributed by atoms with van der Waals surface area (Å²) in [5.41, 5.74) is 5.28. The van der Waals surface area contributed by atoms with Crippen molar-refractivity contribution < 1.29 is 0 Å². The zero-order valence-corrected chi connectivity index (χ0v) is 12.0. The summed E-state index contributed by atoms with van der Waals surface area (Å²) in [6, 6.07) is 4.04. The number of aromatic nitrogens is 3. The summed E-state index contributed by atoms with van der Waals surface area (Å²) in [7, 11) is 1.93. The molecule has 0 aliphatic rings. The lowest BCUT2D eigenvalue weighted by molar-refractivity contribution is 0.786. The van der Waals surface area contributed by atoms with Crippen molar-refractivity contribution in [1.29, 1.82) is 0 Å². The number of aryl methyl sites for hydroxylation is 3. The van der Waals surface area contributed by atoms with Crippen molar-refractivity contribution >= 4 is 0 Å². The highest BCUT2D eigenvalue weighted by molar-refractivity contribution is 5.55. The van der Waals surface area contributed by atoms with Gasteiger partial charge in [0, 0.05) is 29.7 Å². The first kappa shape index (κ1) is 13.6. The van der Waals surface area contributed by atoms with E-state index >= 15 is 0 Å². The average Bonchev–Trinajstić information content (AvgIpc) is 2.42. The lowest BCUT2D eigenvalue weighted by Crippen LogP contribution is -2.12. The van der Waals surface area contributed by atoms with E-state index in [0.717, 1.165) is 35.9 Å². The molecule has 1 N–H and O–H groups in total. The fraction of sp³-hybridized carbons (Fsp3) is 0.400. The molecule has 2 rings (SSSR count). The maximum absolute atomic E-state index is 4.62. The Morgan fingerprint density at radius 1 is 1.16 bits per heavy atom. The van der Waals surface area contributed by atoms with Crippen molar-refractivity contribution in [1.82, 2.24) is 20.3 Å². The van der Waals surface area contributed by atoms with Crippen LogP contribution in [0.4, 0.5) is 0 Å².